The number of hydrogen-bond acceptors (Lipinski definition) is 5. The number of aryl methyl sites for hydroxylation is 1. The molecule has 0 aliphatic carbocycles. The van der Waals surface area contributed by atoms with Crippen molar-refractivity contribution in [3.8, 4) is 5.69 Å². The minimum absolute atomic E-state index is 0.360. The Hall–Kier alpha value is -3.26. The smallest absolute Gasteiger partial charge is 0.413 e. The molecule has 0 aliphatic heterocycles. The van der Waals surface area contributed by atoms with E-state index >= 15 is 0 Å². The number of carbonyl (C=O) groups is 1. The van der Waals surface area contributed by atoms with Gasteiger partial charge in [-0.15, -0.1) is 0 Å². The lowest BCUT2D eigenvalue weighted by atomic mass is 10.3. The third kappa shape index (κ3) is 3.80. The quantitative estimate of drug-likeness (QED) is 0.549. The molecular formula is C19H17N5O2S. The number of benzene rings is 2. The first-order valence-electron chi connectivity index (χ1n) is 8.24. The van der Waals surface area contributed by atoms with Crippen LogP contribution >= 0.6 is 11.8 Å². The standard InChI is InChI=1S/C19H17N5O2S/c1-12-10-24(11-20-12)13-3-5-14(6-4-13)27-15-7-8-16-17(9-15)22-18(21-16)23-19(25)26-2/h3-11H,1-2H3,(H2,21,22,23,25). The van der Waals surface area contributed by atoms with Crippen LogP contribution in [0.1, 0.15) is 5.69 Å². The molecule has 0 aliphatic rings. The number of imidazole rings is 2. The molecule has 2 heterocycles. The van der Waals surface area contributed by atoms with Crippen molar-refractivity contribution in [1.82, 2.24) is 19.5 Å². The average Bonchev–Trinajstić information content (AvgIpc) is 3.27. The first-order valence-corrected chi connectivity index (χ1v) is 9.06. The molecule has 0 fully saturated rings. The predicted molar refractivity (Wildman–Crippen MR) is 105 cm³/mol. The number of amides is 1. The Bertz CT molecular complexity index is 1100. The third-order valence-corrected chi connectivity index (χ3v) is 4.94. The van der Waals surface area contributed by atoms with Crippen molar-refractivity contribution in [1.29, 1.82) is 0 Å². The van der Waals surface area contributed by atoms with Crippen molar-refractivity contribution in [2.75, 3.05) is 12.4 Å². The summed E-state index contributed by atoms with van der Waals surface area (Å²) in [4.78, 5) is 25.1. The number of nitrogens with zero attached hydrogens (tertiary/aromatic N) is 3. The summed E-state index contributed by atoms with van der Waals surface area (Å²) in [6.45, 7) is 1.97. The van der Waals surface area contributed by atoms with E-state index in [0.29, 0.717) is 5.95 Å². The molecule has 4 aromatic rings. The molecule has 0 unspecified atom stereocenters. The van der Waals surface area contributed by atoms with Crippen molar-refractivity contribution in [3.63, 3.8) is 0 Å². The Morgan fingerprint density at radius 1 is 1.19 bits per heavy atom. The summed E-state index contributed by atoms with van der Waals surface area (Å²) in [6.07, 6.45) is 3.24. The highest BCUT2D eigenvalue weighted by atomic mass is 32.2. The Labute approximate surface area is 159 Å². The summed E-state index contributed by atoms with van der Waals surface area (Å²) < 4.78 is 6.57. The van der Waals surface area contributed by atoms with E-state index in [-0.39, 0.29) is 0 Å². The average molecular weight is 379 g/mol. The van der Waals surface area contributed by atoms with Gasteiger partial charge in [0.2, 0.25) is 5.95 Å². The number of rotatable bonds is 4. The van der Waals surface area contributed by atoms with E-state index in [4.69, 9.17) is 0 Å². The van der Waals surface area contributed by atoms with Crippen LogP contribution in [-0.4, -0.2) is 32.7 Å². The van der Waals surface area contributed by atoms with Crippen LogP contribution in [0, 0.1) is 6.92 Å². The summed E-state index contributed by atoms with van der Waals surface area (Å²) in [6, 6.07) is 14.2. The van der Waals surface area contributed by atoms with E-state index in [1.165, 1.54) is 7.11 Å². The van der Waals surface area contributed by atoms with Gasteiger partial charge in [0.05, 0.1) is 30.2 Å². The fraction of sp³-hybridized carbons (Fsp3) is 0.105. The lowest BCUT2D eigenvalue weighted by Gasteiger charge is -2.05. The van der Waals surface area contributed by atoms with E-state index in [2.05, 4.69) is 49.3 Å². The maximum Gasteiger partial charge on any atom is 0.413 e. The van der Waals surface area contributed by atoms with Gasteiger partial charge < -0.3 is 14.3 Å². The molecule has 2 aromatic heterocycles. The fourth-order valence-corrected chi connectivity index (χ4v) is 3.49. The van der Waals surface area contributed by atoms with Crippen LogP contribution in [0.2, 0.25) is 0 Å². The monoisotopic (exact) mass is 379 g/mol. The maximum absolute atomic E-state index is 11.3. The van der Waals surface area contributed by atoms with E-state index in [0.717, 1.165) is 32.2 Å². The van der Waals surface area contributed by atoms with Crippen molar-refractivity contribution in [2.45, 2.75) is 16.7 Å². The highest BCUT2D eigenvalue weighted by Crippen LogP contribution is 2.30. The number of methoxy groups -OCH3 is 1. The maximum atomic E-state index is 11.3. The number of carbonyl (C=O) groups excluding carboxylic acids is 1. The van der Waals surface area contributed by atoms with E-state index in [1.54, 1.807) is 11.8 Å². The SMILES string of the molecule is COC(=O)Nc1nc2cc(Sc3ccc(-n4cnc(C)c4)cc3)ccc2[nH]1. The van der Waals surface area contributed by atoms with E-state index < -0.39 is 6.09 Å². The number of ether oxygens (including phenoxy) is 1. The van der Waals surface area contributed by atoms with Crippen molar-refractivity contribution < 1.29 is 9.53 Å². The van der Waals surface area contributed by atoms with Gasteiger partial charge in [-0.2, -0.15) is 0 Å². The number of hydrogen-bond donors (Lipinski definition) is 2. The summed E-state index contributed by atoms with van der Waals surface area (Å²) in [7, 11) is 1.31. The van der Waals surface area contributed by atoms with Crippen LogP contribution in [0.25, 0.3) is 16.7 Å². The van der Waals surface area contributed by atoms with Crippen LogP contribution in [0.3, 0.4) is 0 Å². The molecule has 2 aromatic carbocycles. The Kier molecular flexibility index (Phi) is 4.55. The van der Waals surface area contributed by atoms with Crippen LogP contribution < -0.4 is 5.32 Å². The molecule has 0 bridgehead atoms. The van der Waals surface area contributed by atoms with E-state index in [1.807, 2.05) is 42.2 Å². The molecule has 1 amide bonds. The highest BCUT2D eigenvalue weighted by Gasteiger charge is 2.08. The minimum atomic E-state index is -0.558. The number of aromatic amines is 1. The van der Waals surface area contributed by atoms with Gasteiger partial charge >= 0.3 is 6.09 Å². The van der Waals surface area contributed by atoms with Crippen LogP contribution in [0.5, 0.6) is 0 Å². The summed E-state index contributed by atoms with van der Waals surface area (Å²) in [5, 5.41) is 2.53. The molecule has 0 atom stereocenters. The normalized spacial score (nSPS) is 10.9. The van der Waals surface area contributed by atoms with Gasteiger partial charge in [0.25, 0.3) is 0 Å². The Morgan fingerprint density at radius 2 is 1.96 bits per heavy atom. The molecule has 136 valence electrons. The van der Waals surface area contributed by atoms with Gasteiger partial charge in [-0.05, 0) is 49.4 Å². The second kappa shape index (κ2) is 7.16. The second-order valence-electron chi connectivity index (χ2n) is 5.90. The molecule has 2 N–H and O–H groups in total. The van der Waals surface area contributed by atoms with Gasteiger partial charge in [0, 0.05) is 21.7 Å². The number of aromatic nitrogens is 4. The zero-order chi connectivity index (χ0) is 18.8. The summed E-state index contributed by atoms with van der Waals surface area (Å²) in [5.41, 5.74) is 3.68. The summed E-state index contributed by atoms with van der Waals surface area (Å²) in [5.74, 6) is 0.360. The number of fused-ring (bicyclic) bond motifs is 1. The molecule has 27 heavy (non-hydrogen) atoms. The van der Waals surface area contributed by atoms with Crippen LogP contribution in [-0.2, 0) is 4.74 Å². The molecule has 0 radical (unpaired) electrons. The lowest BCUT2D eigenvalue weighted by Crippen LogP contribution is -2.11. The van der Waals surface area contributed by atoms with Crippen LogP contribution in [0.15, 0.2) is 64.8 Å². The number of anilines is 1. The Morgan fingerprint density at radius 3 is 2.67 bits per heavy atom. The molecule has 7 nitrogen and oxygen atoms in total. The number of nitrogens with one attached hydrogen (secondary N) is 2. The number of H-pyrrole nitrogens is 1. The topological polar surface area (TPSA) is 84.8 Å². The van der Waals surface area contributed by atoms with Gasteiger partial charge in [0.1, 0.15) is 0 Å². The van der Waals surface area contributed by atoms with Crippen molar-refractivity contribution in [3.05, 3.63) is 60.7 Å². The largest absolute Gasteiger partial charge is 0.453 e. The molecule has 0 saturated heterocycles. The molecule has 8 heteroatoms. The lowest BCUT2D eigenvalue weighted by molar-refractivity contribution is 0.186. The summed E-state index contributed by atoms with van der Waals surface area (Å²) >= 11 is 1.65. The van der Waals surface area contributed by atoms with Gasteiger partial charge in [0.15, 0.2) is 0 Å². The van der Waals surface area contributed by atoms with Gasteiger partial charge in [-0.1, -0.05) is 11.8 Å². The molecule has 0 saturated carbocycles. The highest BCUT2D eigenvalue weighted by molar-refractivity contribution is 7.99. The third-order valence-electron chi connectivity index (χ3n) is 3.94. The molecule has 0 spiro atoms. The zero-order valence-electron chi connectivity index (χ0n) is 14.8. The van der Waals surface area contributed by atoms with E-state index in [9.17, 15) is 4.79 Å². The minimum Gasteiger partial charge on any atom is -0.453 e. The zero-order valence-corrected chi connectivity index (χ0v) is 15.6. The molecule has 4 rings (SSSR count). The van der Waals surface area contributed by atoms with Gasteiger partial charge in [-0.25, -0.2) is 14.8 Å². The Balaban J connectivity index is 1.51. The second-order valence-corrected chi connectivity index (χ2v) is 7.05. The first kappa shape index (κ1) is 17.2. The van der Waals surface area contributed by atoms with Crippen molar-refractivity contribution in [2.24, 2.45) is 0 Å². The molecular weight excluding hydrogens is 362 g/mol. The predicted octanol–water partition coefficient (Wildman–Crippen LogP) is 4.39. The van der Waals surface area contributed by atoms with Crippen LogP contribution in [0.4, 0.5) is 10.7 Å². The van der Waals surface area contributed by atoms with Crippen molar-refractivity contribution >= 4 is 34.8 Å². The van der Waals surface area contributed by atoms with Gasteiger partial charge in [-0.3, -0.25) is 5.32 Å². The first-order chi connectivity index (χ1) is 13.1. The fourth-order valence-electron chi connectivity index (χ4n) is 2.64.